The Balaban J connectivity index is 1.97. The maximum atomic E-state index is 4.38. The van der Waals surface area contributed by atoms with Crippen LogP contribution in [0.25, 0.3) is 0 Å². The lowest BCUT2D eigenvalue weighted by Gasteiger charge is -2.23. The summed E-state index contributed by atoms with van der Waals surface area (Å²) < 4.78 is 0.945. The summed E-state index contributed by atoms with van der Waals surface area (Å²) in [5.41, 5.74) is 0. The van der Waals surface area contributed by atoms with Crippen molar-refractivity contribution in [3.05, 3.63) is 10.8 Å². The molecule has 0 radical (unpaired) electrons. The first-order valence-electron chi connectivity index (χ1n) is 6.90. The van der Waals surface area contributed by atoms with Gasteiger partial charge in [-0.3, -0.25) is 0 Å². The van der Waals surface area contributed by atoms with E-state index in [1.54, 1.807) is 6.33 Å². The summed E-state index contributed by atoms with van der Waals surface area (Å²) in [7, 11) is 2.08. The van der Waals surface area contributed by atoms with Crippen LogP contribution in [0.3, 0.4) is 0 Å². The number of hydrogen-bond donors (Lipinski definition) is 1. The van der Waals surface area contributed by atoms with Gasteiger partial charge >= 0.3 is 0 Å². The van der Waals surface area contributed by atoms with Gasteiger partial charge in [0, 0.05) is 26.7 Å². The van der Waals surface area contributed by atoms with Crippen LogP contribution in [0.15, 0.2) is 10.8 Å². The first-order chi connectivity index (χ1) is 9.22. The maximum Gasteiger partial charge on any atom is 0.148 e. The van der Waals surface area contributed by atoms with Crippen molar-refractivity contribution < 1.29 is 0 Å². The van der Waals surface area contributed by atoms with E-state index in [2.05, 4.69) is 55.0 Å². The van der Waals surface area contributed by atoms with Crippen LogP contribution in [-0.2, 0) is 0 Å². The van der Waals surface area contributed by atoms with Crippen molar-refractivity contribution in [2.45, 2.75) is 19.8 Å². The minimum absolute atomic E-state index is 0.854. The lowest BCUT2D eigenvalue weighted by Crippen LogP contribution is -2.32. The fourth-order valence-corrected chi connectivity index (χ4v) is 2.97. The minimum atomic E-state index is 0.854. The summed E-state index contributed by atoms with van der Waals surface area (Å²) in [6, 6.07) is 0. The topological polar surface area (TPSA) is 44.3 Å². The standard InChI is InChI=1S/C13H22BrN5/c1-3-15-12-11(14)13(17-10-16-12)18(2)8-9-19-6-4-5-7-19/h10H,3-9H2,1-2H3,(H,15,16,17). The molecule has 1 aliphatic rings. The summed E-state index contributed by atoms with van der Waals surface area (Å²) in [5, 5.41) is 3.23. The predicted octanol–water partition coefficient (Wildman–Crippen LogP) is 2.20. The van der Waals surface area contributed by atoms with Crippen LogP contribution in [0.4, 0.5) is 11.6 Å². The van der Waals surface area contributed by atoms with E-state index < -0.39 is 0 Å². The van der Waals surface area contributed by atoms with Crippen LogP contribution in [-0.4, -0.2) is 54.6 Å². The number of aromatic nitrogens is 2. The molecule has 0 saturated carbocycles. The fraction of sp³-hybridized carbons (Fsp3) is 0.692. The molecule has 5 nitrogen and oxygen atoms in total. The minimum Gasteiger partial charge on any atom is -0.369 e. The highest BCUT2D eigenvalue weighted by Gasteiger charge is 2.15. The van der Waals surface area contributed by atoms with E-state index in [9.17, 15) is 0 Å². The number of likely N-dealkylation sites (N-methyl/N-ethyl adjacent to an activating group) is 1. The molecule has 0 aliphatic carbocycles. The third-order valence-corrected chi connectivity index (χ3v) is 4.16. The lowest BCUT2D eigenvalue weighted by molar-refractivity contribution is 0.346. The molecule has 1 saturated heterocycles. The van der Waals surface area contributed by atoms with Crippen LogP contribution >= 0.6 is 15.9 Å². The summed E-state index contributed by atoms with van der Waals surface area (Å²) in [6.07, 6.45) is 4.29. The summed E-state index contributed by atoms with van der Waals surface area (Å²) in [6.45, 7) is 7.48. The van der Waals surface area contributed by atoms with Gasteiger partial charge in [0.2, 0.25) is 0 Å². The van der Waals surface area contributed by atoms with Gasteiger partial charge in [-0.1, -0.05) is 0 Å². The third-order valence-electron chi connectivity index (χ3n) is 3.43. The number of anilines is 2. The molecule has 1 N–H and O–H groups in total. The maximum absolute atomic E-state index is 4.38. The molecule has 0 spiro atoms. The van der Waals surface area contributed by atoms with Crippen molar-refractivity contribution in [3.63, 3.8) is 0 Å². The molecule has 106 valence electrons. The first-order valence-corrected chi connectivity index (χ1v) is 7.69. The van der Waals surface area contributed by atoms with Crippen molar-refractivity contribution in [2.75, 3.05) is 50.0 Å². The molecule has 1 fully saturated rings. The molecule has 0 atom stereocenters. The highest BCUT2D eigenvalue weighted by atomic mass is 79.9. The summed E-state index contributed by atoms with van der Waals surface area (Å²) in [4.78, 5) is 13.3. The fourth-order valence-electron chi connectivity index (χ4n) is 2.32. The zero-order chi connectivity index (χ0) is 13.7. The average Bonchev–Trinajstić information content (AvgIpc) is 2.92. The molecule has 2 rings (SSSR count). The SMILES string of the molecule is CCNc1ncnc(N(C)CCN2CCCC2)c1Br. The molecule has 1 aliphatic heterocycles. The van der Waals surface area contributed by atoms with E-state index >= 15 is 0 Å². The van der Waals surface area contributed by atoms with Gasteiger partial charge < -0.3 is 15.1 Å². The van der Waals surface area contributed by atoms with Crippen molar-refractivity contribution >= 4 is 27.6 Å². The van der Waals surface area contributed by atoms with Crippen LogP contribution in [0.2, 0.25) is 0 Å². The third kappa shape index (κ3) is 3.79. The highest BCUT2D eigenvalue weighted by molar-refractivity contribution is 9.10. The largest absolute Gasteiger partial charge is 0.369 e. The Morgan fingerprint density at radius 1 is 1.37 bits per heavy atom. The Kier molecular flexibility index (Phi) is 5.39. The normalized spacial score (nSPS) is 15.7. The number of nitrogens with zero attached hydrogens (tertiary/aromatic N) is 4. The number of rotatable bonds is 6. The van der Waals surface area contributed by atoms with Gasteiger partial charge in [0.25, 0.3) is 0 Å². The smallest absolute Gasteiger partial charge is 0.148 e. The quantitative estimate of drug-likeness (QED) is 0.867. The van der Waals surface area contributed by atoms with Crippen molar-refractivity contribution in [1.29, 1.82) is 0 Å². The molecule has 0 amide bonds. The van der Waals surface area contributed by atoms with Gasteiger partial charge in [-0.25, -0.2) is 9.97 Å². The van der Waals surface area contributed by atoms with Gasteiger partial charge in [0.05, 0.1) is 0 Å². The molecular formula is C13H22BrN5. The Labute approximate surface area is 123 Å². The average molecular weight is 328 g/mol. The van der Waals surface area contributed by atoms with Crippen molar-refractivity contribution in [2.24, 2.45) is 0 Å². The molecule has 1 aromatic heterocycles. The number of likely N-dealkylation sites (tertiary alicyclic amines) is 1. The number of hydrogen-bond acceptors (Lipinski definition) is 5. The second-order valence-electron chi connectivity index (χ2n) is 4.86. The van der Waals surface area contributed by atoms with Gasteiger partial charge in [-0.2, -0.15) is 0 Å². The van der Waals surface area contributed by atoms with Crippen molar-refractivity contribution in [1.82, 2.24) is 14.9 Å². The molecule has 2 heterocycles. The molecule has 0 unspecified atom stereocenters. The molecule has 19 heavy (non-hydrogen) atoms. The van der Waals surface area contributed by atoms with E-state index in [-0.39, 0.29) is 0 Å². The number of halogens is 1. The second kappa shape index (κ2) is 7.05. The molecule has 0 bridgehead atoms. The van der Waals surface area contributed by atoms with E-state index in [0.29, 0.717) is 0 Å². The van der Waals surface area contributed by atoms with E-state index in [4.69, 9.17) is 0 Å². The van der Waals surface area contributed by atoms with E-state index in [0.717, 1.165) is 35.7 Å². The van der Waals surface area contributed by atoms with Crippen LogP contribution in [0.5, 0.6) is 0 Å². The zero-order valence-electron chi connectivity index (χ0n) is 11.7. The predicted molar refractivity (Wildman–Crippen MR) is 82.8 cm³/mol. The zero-order valence-corrected chi connectivity index (χ0v) is 13.3. The van der Waals surface area contributed by atoms with E-state index in [1.807, 2.05) is 0 Å². The van der Waals surface area contributed by atoms with Crippen LogP contribution < -0.4 is 10.2 Å². The highest BCUT2D eigenvalue weighted by Crippen LogP contribution is 2.28. The first kappa shape index (κ1) is 14.5. The van der Waals surface area contributed by atoms with Crippen LogP contribution in [0, 0.1) is 0 Å². The Morgan fingerprint density at radius 3 is 2.79 bits per heavy atom. The van der Waals surface area contributed by atoms with E-state index in [1.165, 1.54) is 25.9 Å². The van der Waals surface area contributed by atoms with Gasteiger partial charge in [-0.15, -0.1) is 0 Å². The molecule has 0 aromatic carbocycles. The summed E-state index contributed by atoms with van der Waals surface area (Å²) in [5.74, 6) is 1.81. The molecule has 1 aromatic rings. The Morgan fingerprint density at radius 2 is 2.11 bits per heavy atom. The molecule has 6 heteroatoms. The molecular weight excluding hydrogens is 306 g/mol. The number of nitrogens with one attached hydrogen (secondary N) is 1. The summed E-state index contributed by atoms with van der Waals surface area (Å²) >= 11 is 3.59. The van der Waals surface area contributed by atoms with Gasteiger partial charge in [-0.05, 0) is 48.8 Å². The van der Waals surface area contributed by atoms with Gasteiger partial charge in [0.1, 0.15) is 22.4 Å². The van der Waals surface area contributed by atoms with Crippen molar-refractivity contribution in [3.8, 4) is 0 Å². The van der Waals surface area contributed by atoms with Crippen LogP contribution in [0.1, 0.15) is 19.8 Å². The second-order valence-corrected chi connectivity index (χ2v) is 5.65. The monoisotopic (exact) mass is 327 g/mol. The van der Waals surface area contributed by atoms with Gasteiger partial charge in [0.15, 0.2) is 0 Å². The Hall–Kier alpha value is -0.880. The lowest BCUT2D eigenvalue weighted by atomic mass is 10.4. The Bertz CT molecular complexity index is 406.